The molecule has 7 heteroatoms. The van der Waals surface area contributed by atoms with Crippen LogP contribution in [0.1, 0.15) is 19.5 Å². The van der Waals surface area contributed by atoms with E-state index in [4.69, 9.17) is 10.5 Å². The number of nitrogens with zero attached hydrogens (tertiary/aromatic N) is 2. The Balaban J connectivity index is 2.06. The molecule has 0 fully saturated rings. The van der Waals surface area contributed by atoms with Crippen LogP contribution in [0.15, 0.2) is 5.38 Å². The molecule has 0 amide bonds. The molecular weight excluding hydrogens is 280 g/mol. The molecule has 2 heterocycles. The van der Waals surface area contributed by atoms with Gasteiger partial charge in [-0.1, -0.05) is 0 Å². The van der Waals surface area contributed by atoms with E-state index in [0.717, 1.165) is 27.8 Å². The highest BCUT2D eigenvalue weighted by Gasteiger charge is 2.16. The lowest BCUT2D eigenvalue weighted by molar-refractivity contribution is 0.0871. The summed E-state index contributed by atoms with van der Waals surface area (Å²) in [6.45, 7) is 7.41. The number of anilines is 2. The average molecular weight is 298 g/mol. The van der Waals surface area contributed by atoms with Crippen molar-refractivity contribution in [2.45, 2.75) is 26.9 Å². The summed E-state index contributed by atoms with van der Waals surface area (Å²) in [7, 11) is 0. The molecule has 0 aromatic carbocycles. The van der Waals surface area contributed by atoms with Crippen molar-refractivity contribution < 1.29 is 4.74 Å². The van der Waals surface area contributed by atoms with Gasteiger partial charge in [0.15, 0.2) is 0 Å². The molecule has 0 aliphatic rings. The predicted molar refractivity (Wildman–Crippen MR) is 81.9 cm³/mol. The molecule has 0 aliphatic heterocycles. The van der Waals surface area contributed by atoms with Gasteiger partial charge in [-0.2, -0.15) is 4.37 Å². The van der Waals surface area contributed by atoms with Crippen LogP contribution in [0.4, 0.5) is 10.8 Å². The lowest BCUT2D eigenvalue weighted by atomic mass is 10.3. The molecular formula is C12H18N4OS2. The Kier molecular flexibility index (Phi) is 4.73. The Labute approximate surface area is 121 Å². The summed E-state index contributed by atoms with van der Waals surface area (Å²) in [4.78, 5) is 4.47. The number of nitrogens with two attached hydrogens (primary N) is 1. The lowest BCUT2D eigenvalue weighted by Crippen LogP contribution is -2.12. The minimum atomic E-state index is 0.245. The molecule has 2 rings (SSSR count). The van der Waals surface area contributed by atoms with E-state index in [1.54, 1.807) is 11.3 Å². The van der Waals surface area contributed by atoms with Gasteiger partial charge in [0.05, 0.1) is 18.3 Å². The molecule has 0 bridgehead atoms. The molecule has 0 spiro atoms. The highest BCUT2D eigenvalue weighted by atomic mass is 32.1. The molecule has 2 aromatic rings. The average Bonchev–Trinajstić information content (AvgIpc) is 2.91. The molecule has 0 saturated carbocycles. The molecule has 3 N–H and O–H groups in total. The molecule has 2 aromatic heterocycles. The lowest BCUT2D eigenvalue weighted by Gasteiger charge is -2.08. The topological polar surface area (TPSA) is 73.1 Å². The van der Waals surface area contributed by atoms with E-state index in [1.165, 1.54) is 11.5 Å². The van der Waals surface area contributed by atoms with Crippen LogP contribution in [0.25, 0.3) is 10.6 Å². The molecule has 0 atom stereocenters. The maximum atomic E-state index is 5.93. The van der Waals surface area contributed by atoms with Crippen molar-refractivity contribution in [2.75, 3.05) is 24.2 Å². The number of ether oxygens (including phenoxy) is 1. The van der Waals surface area contributed by atoms with E-state index in [9.17, 15) is 0 Å². The number of nitrogen functional groups attached to an aromatic ring is 1. The fourth-order valence-corrected chi connectivity index (χ4v) is 3.22. The normalized spacial score (nSPS) is 11.2. The summed E-state index contributed by atoms with van der Waals surface area (Å²) >= 11 is 2.95. The van der Waals surface area contributed by atoms with Crippen LogP contribution >= 0.6 is 22.9 Å². The molecule has 0 aliphatic carbocycles. The highest BCUT2D eigenvalue weighted by Crippen LogP contribution is 2.38. The minimum absolute atomic E-state index is 0.245. The second-order valence-corrected chi connectivity index (χ2v) is 6.04. The van der Waals surface area contributed by atoms with Crippen LogP contribution < -0.4 is 11.1 Å². The van der Waals surface area contributed by atoms with Gasteiger partial charge in [0.1, 0.15) is 15.8 Å². The van der Waals surface area contributed by atoms with Crippen molar-refractivity contribution in [2.24, 2.45) is 0 Å². The zero-order valence-corrected chi connectivity index (χ0v) is 12.9. The monoisotopic (exact) mass is 298 g/mol. The number of hydrogen-bond donors (Lipinski definition) is 2. The third-order valence-corrected chi connectivity index (χ3v) is 4.19. The number of aromatic nitrogens is 2. The maximum Gasteiger partial charge on any atom is 0.149 e. The van der Waals surface area contributed by atoms with E-state index >= 15 is 0 Å². The van der Waals surface area contributed by atoms with Gasteiger partial charge in [-0.05, 0) is 32.3 Å². The first-order valence-electron chi connectivity index (χ1n) is 6.11. The van der Waals surface area contributed by atoms with Crippen LogP contribution in [-0.4, -0.2) is 28.6 Å². The van der Waals surface area contributed by atoms with Crippen molar-refractivity contribution in [1.29, 1.82) is 0 Å². The van der Waals surface area contributed by atoms with Crippen LogP contribution in [0, 0.1) is 6.92 Å². The van der Waals surface area contributed by atoms with Gasteiger partial charge in [0.2, 0.25) is 0 Å². The Bertz CT molecular complexity index is 536. The third kappa shape index (κ3) is 3.65. The van der Waals surface area contributed by atoms with E-state index in [1.807, 2.05) is 26.2 Å². The number of hydrogen-bond acceptors (Lipinski definition) is 7. The number of aryl methyl sites for hydroxylation is 1. The van der Waals surface area contributed by atoms with Crippen molar-refractivity contribution in [3.8, 4) is 10.6 Å². The van der Waals surface area contributed by atoms with Gasteiger partial charge in [-0.25, -0.2) is 4.98 Å². The predicted octanol–water partition coefficient (Wildman–Crippen LogP) is 2.99. The standard InChI is InChI=1S/C12H18N4OS2/c1-7(2)17-5-4-14-11-9(10(13)16-19-11)12-15-8(3)6-18-12/h6-7,14H,4-5H2,1-3H3,(H2,13,16). The number of thiazole rings is 1. The summed E-state index contributed by atoms with van der Waals surface area (Å²) in [6, 6.07) is 0. The van der Waals surface area contributed by atoms with E-state index in [-0.39, 0.29) is 6.10 Å². The summed E-state index contributed by atoms with van der Waals surface area (Å²) in [5, 5.41) is 7.20. The summed E-state index contributed by atoms with van der Waals surface area (Å²) in [5.41, 5.74) is 7.84. The summed E-state index contributed by atoms with van der Waals surface area (Å²) in [5.74, 6) is 0.534. The molecule has 0 saturated heterocycles. The Morgan fingerprint density at radius 3 is 2.89 bits per heavy atom. The first kappa shape index (κ1) is 14.2. The van der Waals surface area contributed by atoms with Crippen LogP contribution in [0.5, 0.6) is 0 Å². The van der Waals surface area contributed by atoms with Gasteiger partial charge >= 0.3 is 0 Å². The van der Waals surface area contributed by atoms with E-state index in [0.29, 0.717) is 12.4 Å². The molecule has 5 nitrogen and oxygen atoms in total. The minimum Gasteiger partial charge on any atom is -0.382 e. The van der Waals surface area contributed by atoms with Crippen molar-refractivity contribution >= 4 is 33.7 Å². The SMILES string of the molecule is Cc1csc(-c2c(N)nsc2NCCOC(C)C)n1. The van der Waals surface area contributed by atoms with Crippen molar-refractivity contribution in [1.82, 2.24) is 9.36 Å². The molecule has 0 radical (unpaired) electrons. The van der Waals surface area contributed by atoms with Crippen LogP contribution in [0.3, 0.4) is 0 Å². The zero-order chi connectivity index (χ0) is 13.8. The third-order valence-electron chi connectivity index (χ3n) is 2.39. The number of nitrogens with one attached hydrogen (secondary N) is 1. The van der Waals surface area contributed by atoms with Gasteiger partial charge in [0, 0.05) is 17.6 Å². The van der Waals surface area contributed by atoms with Gasteiger partial charge in [-0.15, -0.1) is 11.3 Å². The quantitative estimate of drug-likeness (QED) is 0.802. The summed E-state index contributed by atoms with van der Waals surface area (Å²) in [6.07, 6.45) is 0.245. The largest absolute Gasteiger partial charge is 0.382 e. The Hall–Kier alpha value is -1.18. The fraction of sp³-hybridized carbons (Fsp3) is 0.500. The maximum absolute atomic E-state index is 5.93. The van der Waals surface area contributed by atoms with Gasteiger partial charge < -0.3 is 15.8 Å². The van der Waals surface area contributed by atoms with Gasteiger partial charge in [-0.3, -0.25) is 0 Å². The van der Waals surface area contributed by atoms with Crippen LogP contribution in [-0.2, 0) is 4.74 Å². The van der Waals surface area contributed by atoms with Crippen LogP contribution in [0.2, 0.25) is 0 Å². The smallest absolute Gasteiger partial charge is 0.149 e. The van der Waals surface area contributed by atoms with Gasteiger partial charge in [0.25, 0.3) is 0 Å². The molecule has 19 heavy (non-hydrogen) atoms. The fourth-order valence-electron chi connectivity index (χ4n) is 1.56. The van der Waals surface area contributed by atoms with Crippen molar-refractivity contribution in [3.05, 3.63) is 11.1 Å². The Morgan fingerprint density at radius 2 is 2.26 bits per heavy atom. The molecule has 0 unspecified atom stereocenters. The first-order valence-corrected chi connectivity index (χ1v) is 7.76. The van der Waals surface area contributed by atoms with Crippen molar-refractivity contribution in [3.63, 3.8) is 0 Å². The van der Waals surface area contributed by atoms with E-state index in [2.05, 4.69) is 14.7 Å². The zero-order valence-electron chi connectivity index (χ0n) is 11.3. The second-order valence-electron chi connectivity index (χ2n) is 4.41. The van der Waals surface area contributed by atoms with E-state index < -0.39 is 0 Å². The molecule has 104 valence electrons. The summed E-state index contributed by atoms with van der Waals surface area (Å²) < 4.78 is 9.70. The Morgan fingerprint density at radius 1 is 1.47 bits per heavy atom. The number of rotatable bonds is 6. The highest BCUT2D eigenvalue weighted by molar-refractivity contribution is 7.15. The second kappa shape index (κ2) is 6.31. The first-order chi connectivity index (χ1) is 9.08.